The number of hydroxylamine groups is 2. The molecule has 0 unspecified atom stereocenters. The van der Waals surface area contributed by atoms with Crippen molar-refractivity contribution in [2.75, 3.05) is 20.8 Å². The van der Waals surface area contributed by atoms with Crippen LogP contribution in [0.4, 0.5) is 4.79 Å². The van der Waals surface area contributed by atoms with E-state index in [4.69, 9.17) is 14.3 Å². The Morgan fingerprint density at radius 1 is 1.17 bits per heavy atom. The van der Waals surface area contributed by atoms with Crippen molar-refractivity contribution >= 4 is 12.1 Å². The van der Waals surface area contributed by atoms with Crippen LogP contribution in [-0.2, 0) is 9.47 Å². The number of benzene rings is 1. The largest absolute Gasteiger partial charge is 0.496 e. The monoisotopic (exact) mass is 339 g/mol. The van der Waals surface area contributed by atoms with Gasteiger partial charge in [-0.1, -0.05) is 6.92 Å². The lowest BCUT2D eigenvalue weighted by atomic mass is 10.2. The van der Waals surface area contributed by atoms with Crippen LogP contribution in [0.3, 0.4) is 0 Å². The fraction of sp³-hybridized carbons (Fsp3) is 0.529. The second kappa shape index (κ2) is 8.42. The van der Waals surface area contributed by atoms with E-state index in [1.54, 1.807) is 26.8 Å². The summed E-state index contributed by atoms with van der Waals surface area (Å²) in [6, 6.07) is 4.58. The standard InChI is InChI=1S/C17H25NO6/c1-7-10-18(16(20)23-17(2,3)4)24-12-8-9-13(15(19)22-6)14(11-12)21-5/h8-9,11H,7,10H2,1-6H3. The number of carbonyl (C=O) groups excluding carboxylic acids is 2. The number of carbonyl (C=O) groups is 2. The van der Waals surface area contributed by atoms with E-state index in [0.717, 1.165) is 5.06 Å². The molecule has 0 aromatic heterocycles. The molecular formula is C17H25NO6. The second-order valence-electron chi connectivity index (χ2n) is 6.03. The van der Waals surface area contributed by atoms with Crippen molar-refractivity contribution in [2.24, 2.45) is 0 Å². The summed E-state index contributed by atoms with van der Waals surface area (Å²) in [6.45, 7) is 7.62. The Bertz CT molecular complexity index is 579. The van der Waals surface area contributed by atoms with Crippen LogP contribution in [-0.4, -0.2) is 43.5 Å². The molecule has 0 radical (unpaired) electrons. The van der Waals surface area contributed by atoms with E-state index in [1.165, 1.54) is 26.4 Å². The van der Waals surface area contributed by atoms with Crippen LogP contribution in [0, 0.1) is 0 Å². The Kier molecular flexibility index (Phi) is 6.88. The number of ether oxygens (including phenoxy) is 3. The maximum Gasteiger partial charge on any atom is 0.443 e. The molecule has 0 atom stereocenters. The molecule has 134 valence electrons. The van der Waals surface area contributed by atoms with Crippen molar-refractivity contribution in [3.63, 3.8) is 0 Å². The van der Waals surface area contributed by atoms with Crippen molar-refractivity contribution in [3.8, 4) is 11.5 Å². The number of hydrogen-bond acceptors (Lipinski definition) is 6. The molecule has 0 spiro atoms. The number of amides is 1. The van der Waals surface area contributed by atoms with Crippen molar-refractivity contribution in [1.29, 1.82) is 0 Å². The Balaban J connectivity index is 2.98. The van der Waals surface area contributed by atoms with E-state index in [0.29, 0.717) is 24.5 Å². The first-order chi connectivity index (χ1) is 11.2. The zero-order valence-corrected chi connectivity index (χ0v) is 15.0. The van der Waals surface area contributed by atoms with Gasteiger partial charge in [0.2, 0.25) is 0 Å². The minimum Gasteiger partial charge on any atom is -0.496 e. The number of rotatable bonds is 6. The fourth-order valence-electron chi connectivity index (χ4n) is 1.82. The van der Waals surface area contributed by atoms with Gasteiger partial charge in [-0.15, -0.1) is 5.06 Å². The molecule has 7 heteroatoms. The third-order valence-corrected chi connectivity index (χ3v) is 2.82. The van der Waals surface area contributed by atoms with Gasteiger partial charge in [-0.2, -0.15) is 0 Å². The predicted octanol–water partition coefficient (Wildman–Crippen LogP) is 3.42. The summed E-state index contributed by atoms with van der Waals surface area (Å²) in [6.07, 6.45) is 0.108. The summed E-state index contributed by atoms with van der Waals surface area (Å²) < 4.78 is 15.2. The number of hydrogen-bond donors (Lipinski definition) is 0. The van der Waals surface area contributed by atoms with Crippen molar-refractivity contribution < 1.29 is 28.6 Å². The van der Waals surface area contributed by atoms with Gasteiger partial charge in [0.15, 0.2) is 5.75 Å². The Morgan fingerprint density at radius 2 is 1.83 bits per heavy atom. The van der Waals surface area contributed by atoms with Crippen molar-refractivity contribution in [3.05, 3.63) is 23.8 Å². The average molecular weight is 339 g/mol. The summed E-state index contributed by atoms with van der Waals surface area (Å²) in [5.74, 6) is 0.120. The Hall–Kier alpha value is -2.44. The van der Waals surface area contributed by atoms with Crippen LogP contribution in [0.1, 0.15) is 44.5 Å². The van der Waals surface area contributed by atoms with Gasteiger partial charge in [0.05, 0.1) is 20.8 Å². The number of esters is 1. The zero-order chi connectivity index (χ0) is 18.3. The molecule has 0 aliphatic rings. The predicted molar refractivity (Wildman–Crippen MR) is 88.2 cm³/mol. The molecule has 0 aliphatic carbocycles. The minimum atomic E-state index is -0.626. The second-order valence-corrected chi connectivity index (χ2v) is 6.03. The average Bonchev–Trinajstić information content (AvgIpc) is 2.51. The Labute approximate surface area is 142 Å². The SMILES string of the molecule is CCCN(Oc1ccc(C(=O)OC)c(OC)c1)C(=O)OC(C)(C)C. The molecule has 1 aromatic rings. The molecule has 0 N–H and O–H groups in total. The van der Waals surface area contributed by atoms with Gasteiger partial charge in [-0.3, -0.25) is 0 Å². The van der Waals surface area contributed by atoms with Crippen LogP contribution in [0.25, 0.3) is 0 Å². The highest BCUT2D eigenvalue weighted by molar-refractivity contribution is 5.92. The van der Waals surface area contributed by atoms with Gasteiger partial charge >= 0.3 is 12.1 Å². The molecule has 0 saturated heterocycles. The van der Waals surface area contributed by atoms with Gasteiger partial charge in [-0.05, 0) is 39.3 Å². The lowest BCUT2D eigenvalue weighted by Crippen LogP contribution is -2.39. The highest BCUT2D eigenvalue weighted by atomic mass is 16.7. The zero-order valence-electron chi connectivity index (χ0n) is 15.0. The molecule has 1 aromatic carbocycles. The van der Waals surface area contributed by atoms with Gasteiger partial charge in [-0.25, -0.2) is 9.59 Å². The summed E-state index contributed by atoms with van der Waals surface area (Å²) in [4.78, 5) is 29.5. The first-order valence-corrected chi connectivity index (χ1v) is 7.66. The molecule has 0 bridgehead atoms. The van der Waals surface area contributed by atoms with E-state index in [1.807, 2.05) is 6.92 Å². The van der Waals surface area contributed by atoms with E-state index < -0.39 is 17.7 Å². The molecule has 0 fully saturated rings. The van der Waals surface area contributed by atoms with Crippen molar-refractivity contribution in [2.45, 2.75) is 39.7 Å². The van der Waals surface area contributed by atoms with E-state index in [-0.39, 0.29) is 5.56 Å². The minimum absolute atomic E-state index is 0.270. The quantitative estimate of drug-likeness (QED) is 0.584. The van der Waals surface area contributed by atoms with Crippen LogP contribution in [0.15, 0.2) is 18.2 Å². The smallest absolute Gasteiger partial charge is 0.443 e. The molecule has 7 nitrogen and oxygen atoms in total. The van der Waals surface area contributed by atoms with Crippen LogP contribution < -0.4 is 9.57 Å². The van der Waals surface area contributed by atoms with Gasteiger partial charge in [0.25, 0.3) is 0 Å². The normalized spacial score (nSPS) is 10.8. The lowest BCUT2D eigenvalue weighted by Gasteiger charge is -2.26. The topological polar surface area (TPSA) is 74.3 Å². The molecule has 0 saturated carbocycles. The highest BCUT2D eigenvalue weighted by Gasteiger charge is 2.24. The summed E-state index contributed by atoms with van der Waals surface area (Å²) in [5, 5.41) is 1.14. The molecule has 0 aliphatic heterocycles. The molecule has 1 amide bonds. The van der Waals surface area contributed by atoms with E-state index >= 15 is 0 Å². The van der Waals surface area contributed by atoms with E-state index in [2.05, 4.69) is 4.74 Å². The number of methoxy groups -OCH3 is 2. The summed E-state index contributed by atoms with van der Waals surface area (Å²) >= 11 is 0. The van der Waals surface area contributed by atoms with E-state index in [9.17, 15) is 9.59 Å². The van der Waals surface area contributed by atoms with Gasteiger partial charge < -0.3 is 19.0 Å². The molecule has 24 heavy (non-hydrogen) atoms. The summed E-state index contributed by atoms with van der Waals surface area (Å²) in [5.41, 5.74) is -0.356. The van der Waals surface area contributed by atoms with Gasteiger partial charge in [0, 0.05) is 6.07 Å². The Morgan fingerprint density at radius 3 is 2.33 bits per heavy atom. The first-order valence-electron chi connectivity index (χ1n) is 7.66. The highest BCUT2D eigenvalue weighted by Crippen LogP contribution is 2.26. The van der Waals surface area contributed by atoms with Crippen LogP contribution in [0.5, 0.6) is 11.5 Å². The van der Waals surface area contributed by atoms with Crippen LogP contribution >= 0.6 is 0 Å². The maximum atomic E-state index is 12.2. The molecular weight excluding hydrogens is 314 g/mol. The summed E-state index contributed by atoms with van der Waals surface area (Å²) in [7, 11) is 2.72. The third-order valence-electron chi connectivity index (χ3n) is 2.82. The van der Waals surface area contributed by atoms with Crippen LogP contribution in [0.2, 0.25) is 0 Å². The number of nitrogens with zero attached hydrogens (tertiary/aromatic N) is 1. The van der Waals surface area contributed by atoms with Crippen molar-refractivity contribution in [1.82, 2.24) is 5.06 Å². The first kappa shape index (κ1) is 19.6. The molecule has 1 rings (SSSR count). The van der Waals surface area contributed by atoms with Gasteiger partial charge in [0.1, 0.15) is 16.9 Å². The maximum absolute atomic E-state index is 12.2. The third kappa shape index (κ3) is 5.64. The lowest BCUT2D eigenvalue weighted by molar-refractivity contribution is -0.0723. The molecule has 0 heterocycles. The fourth-order valence-corrected chi connectivity index (χ4v) is 1.82.